The molecule has 0 fully saturated rings. The summed E-state index contributed by atoms with van der Waals surface area (Å²) < 4.78 is 0. The Kier molecular flexibility index (Phi) is 6.02. The van der Waals surface area contributed by atoms with Crippen molar-refractivity contribution < 1.29 is 9.59 Å². The lowest BCUT2D eigenvalue weighted by atomic mass is 9.93. The summed E-state index contributed by atoms with van der Waals surface area (Å²) in [5, 5.41) is 5.96. The average Bonchev–Trinajstić information content (AvgIpc) is 2.68. The SMILES string of the molecule is O=C(NCc1ccccn1)c1ccc(NC(=O)C2CC=CCC2)cc1Cl. The molecule has 0 saturated heterocycles. The summed E-state index contributed by atoms with van der Waals surface area (Å²) in [6, 6.07) is 10.4. The molecule has 26 heavy (non-hydrogen) atoms. The highest BCUT2D eigenvalue weighted by molar-refractivity contribution is 6.34. The van der Waals surface area contributed by atoms with Crippen LogP contribution in [0.3, 0.4) is 0 Å². The molecule has 2 aromatic rings. The molecule has 1 atom stereocenters. The van der Waals surface area contributed by atoms with Gasteiger partial charge in [-0.15, -0.1) is 0 Å². The zero-order chi connectivity index (χ0) is 18.4. The number of hydrogen-bond donors (Lipinski definition) is 2. The molecule has 0 radical (unpaired) electrons. The molecular formula is C20H20ClN3O2. The fourth-order valence-corrected chi connectivity index (χ4v) is 3.09. The molecule has 0 saturated carbocycles. The molecule has 1 aromatic heterocycles. The number of rotatable bonds is 5. The highest BCUT2D eigenvalue weighted by Gasteiger charge is 2.19. The van der Waals surface area contributed by atoms with Gasteiger partial charge in [0.25, 0.3) is 5.91 Å². The first-order valence-corrected chi connectivity index (χ1v) is 8.95. The second-order valence-electron chi connectivity index (χ2n) is 6.17. The number of anilines is 1. The van der Waals surface area contributed by atoms with Crippen LogP contribution in [0.1, 0.15) is 35.3 Å². The van der Waals surface area contributed by atoms with Crippen molar-refractivity contribution in [3.63, 3.8) is 0 Å². The molecule has 1 heterocycles. The number of allylic oxidation sites excluding steroid dienone is 2. The minimum atomic E-state index is -0.282. The van der Waals surface area contributed by atoms with Crippen molar-refractivity contribution in [2.75, 3.05) is 5.32 Å². The van der Waals surface area contributed by atoms with E-state index in [0.717, 1.165) is 25.0 Å². The predicted octanol–water partition coefficient (Wildman–Crippen LogP) is 3.96. The quantitative estimate of drug-likeness (QED) is 0.783. The number of nitrogens with one attached hydrogen (secondary N) is 2. The lowest BCUT2D eigenvalue weighted by Gasteiger charge is -2.17. The summed E-state index contributed by atoms with van der Waals surface area (Å²) in [5.41, 5.74) is 1.72. The van der Waals surface area contributed by atoms with Gasteiger partial charge in [0.15, 0.2) is 0 Å². The maximum Gasteiger partial charge on any atom is 0.253 e. The van der Waals surface area contributed by atoms with E-state index in [9.17, 15) is 9.59 Å². The van der Waals surface area contributed by atoms with Crippen LogP contribution in [0.15, 0.2) is 54.7 Å². The van der Waals surface area contributed by atoms with Crippen molar-refractivity contribution in [3.8, 4) is 0 Å². The fourth-order valence-electron chi connectivity index (χ4n) is 2.82. The molecular weight excluding hydrogens is 350 g/mol. The Morgan fingerprint density at radius 2 is 2.08 bits per heavy atom. The van der Waals surface area contributed by atoms with Crippen LogP contribution in [0.2, 0.25) is 5.02 Å². The first kappa shape index (κ1) is 18.1. The molecule has 3 rings (SSSR count). The highest BCUT2D eigenvalue weighted by Crippen LogP contribution is 2.24. The summed E-state index contributed by atoms with van der Waals surface area (Å²) in [4.78, 5) is 28.7. The number of carbonyl (C=O) groups is 2. The van der Waals surface area contributed by atoms with Crippen LogP contribution in [-0.4, -0.2) is 16.8 Å². The van der Waals surface area contributed by atoms with Crippen molar-refractivity contribution in [2.45, 2.75) is 25.8 Å². The van der Waals surface area contributed by atoms with Crippen molar-refractivity contribution in [3.05, 3.63) is 71.0 Å². The molecule has 0 bridgehead atoms. The van der Waals surface area contributed by atoms with Gasteiger partial charge in [-0.3, -0.25) is 14.6 Å². The minimum absolute atomic E-state index is 0.0138. The average molecular weight is 370 g/mol. The van der Waals surface area contributed by atoms with Crippen molar-refractivity contribution in [1.82, 2.24) is 10.3 Å². The van der Waals surface area contributed by atoms with E-state index in [1.807, 2.05) is 24.3 Å². The predicted molar refractivity (Wildman–Crippen MR) is 102 cm³/mol. The van der Waals surface area contributed by atoms with E-state index >= 15 is 0 Å². The molecule has 6 heteroatoms. The van der Waals surface area contributed by atoms with Gasteiger partial charge in [0.1, 0.15) is 0 Å². The maximum absolute atomic E-state index is 12.3. The number of carbonyl (C=O) groups excluding carboxylic acids is 2. The van der Waals surface area contributed by atoms with Gasteiger partial charge < -0.3 is 10.6 Å². The van der Waals surface area contributed by atoms with Gasteiger partial charge in [0, 0.05) is 17.8 Å². The summed E-state index contributed by atoms with van der Waals surface area (Å²) in [6.45, 7) is 0.323. The van der Waals surface area contributed by atoms with Crippen LogP contribution in [-0.2, 0) is 11.3 Å². The number of benzene rings is 1. The number of hydrogen-bond acceptors (Lipinski definition) is 3. The van der Waals surface area contributed by atoms with Gasteiger partial charge >= 0.3 is 0 Å². The van der Waals surface area contributed by atoms with E-state index in [1.54, 1.807) is 24.4 Å². The van der Waals surface area contributed by atoms with E-state index in [4.69, 9.17) is 11.6 Å². The first-order chi connectivity index (χ1) is 12.6. The van der Waals surface area contributed by atoms with Crippen LogP contribution < -0.4 is 10.6 Å². The number of halogens is 1. The van der Waals surface area contributed by atoms with Crippen molar-refractivity contribution >= 4 is 29.1 Å². The third kappa shape index (κ3) is 4.70. The normalized spacial score (nSPS) is 16.1. The molecule has 2 N–H and O–H groups in total. The molecule has 1 unspecified atom stereocenters. The summed E-state index contributed by atoms with van der Waals surface area (Å²) in [6.07, 6.45) is 8.34. The third-order valence-electron chi connectivity index (χ3n) is 4.28. The Bertz CT molecular complexity index is 821. The summed E-state index contributed by atoms with van der Waals surface area (Å²) in [5.74, 6) is -0.311. The zero-order valence-corrected chi connectivity index (χ0v) is 15.0. The zero-order valence-electron chi connectivity index (χ0n) is 14.2. The monoisotopic (exact) mass is 369 g/mol. The Morgan fingerprint density at radius 1 is 1.19 bits per heavy atom. The number of amides is 2. The summed E-state index contributed by atoms with van der Waals surface area (Å²) in [7, 11) is 0. The molecule has 0 spiro atoms. The van der Waals surface area contributed by atoms with E-state index in [0.29, 0.717) is 22.8 Å². The second kappa shape index (κ2) is 8.63. The van der Waals surface area contributed by atoms with Crippen LogP contribution in [0, 0.1) is 5.92 Å². The Labute approximate surface area is 157 Å². The fraction of sp³-hybridized carbons (Fsp3) is 0.250. The third-order valence-corrected chi connectivity index (χ3v) is 4.59. The number of pyridine rings is 1. The minimum Gasteiger partial charge on any atom is -0.346 e. The molecule has 5 nitrogen and oxygen atoms in total. The van der Waals surface area contributed by atoms with E-state index in [2.05, 4.69) is 21.7 Å². The van der Waals surface area contributed by atoms with Gasteiger partial charge in [-0.2, -0.15) is 0 Å². The van der Waals surface area contributed by atoms with Gasteiger partial charge in [0.05, 0.1) is 22.8 Å². The van der Waals surface area contributed by atoms with Crippen molar-refractivity contribution in [1.29, 1.82) is 0 Å². The molecule has 0 aliphatic heterocycles. The lowest BCUT2D eigenvalue weighted by Crippen LogP contribution is -2.24. The lowest BCUT2D eigenvalue weighted by molar-refractivity contribution is -0.120. The smallest absolute Gasteiger partial charge is 0.253 e. The largest absolute Gasteiger partial charge is 0.346 e. The maximum atomic E-state index is 12.3. The molecule has 2 amide bonds. The van der Waals surface area contributed by atoms with E-state index in [1.165, 1.54) is 0 Å². The Balaban J connectivity index is 1.60. The molecule has 1 aromatic carbocycles. The Morgan fingerprint density at radius 3 is 2.77 bits per heavy atom. The molecule has 1 aliphatic rings. The topological polar surface area (TPSA) is 71.1 Å². The highest BCUT2D eigenvalue weighted by atomic mass is 35.5. The molecule has 134 valence electrons. The van der Waals surface area contributed by atoms with E-state index in [-0.39, 0.29) is 17.7 Å². The van der Waals surface area contributed by atoms with Gasteiger partial charge in [-0.25, -0.2) is 0 Å². The van der Waals surface area contributed by atoms with E-state index < -0.39 is 0 Å². The van der Waals surface area contributed by atoms with Crippen molar-refractivity contribution in [2.24, 2.45) is 5.92 Å². The van der Waals surface area contributed by atoms with Crippen LogP contribution >= 0.6 is 11.6 Å². The van der Waals surface area contributed by atoms with Crippen LogP contribution in [0.25, 0.3) is 0 Å². The standard InChI is InChI=1S/C20H20ClN3O2/c21-18-12-15(24-19(25)14-6-2-1-3-7-14)9-10-17(18)20(26)23-13-16-8-4-5-11-22-16/h1-2,4-5,8-12,14H,3,6-7,13H2,(H,23,26)(H,24,25). The van der Waals surface area contributed by atoms with Gasteiger partial charge in [0.2, 0.25) is 5.91 Å². The van der Waals surface area contributed by atoms with Gasteiger partial charge in [-0.1, -0.05) is 29.8 Å². The first-order valence-electron chi connectivity index (χ1n) is 8.57. The van der Waals surface area contributed by atoms with Crippen LogP contribution in [0.4, 0.5) is 5.69 Å². The Hall–Kier alpha value is -2.66. The second-order valence-corrected chi connectivity index (χ2v) is 6.58. The number of nitrogens with zero attached hydrogens (tertiary/aromatic N) is 1. The number of aromatic nitrogens is 1. The van der Waals surface area contributed by atoms with Crippen LogP contribution in [0.5, 0.6) is 0 Å². The summed E-state index contributed by atoms with van der Waals surface area (Å²) >= 11 is 6.24. The van der Waals surface area contributed by atoms with Gasteiger partial charge in [-0.05, 0) is 49.6 Å². The molecule has 1 aliphatic carbocycles.